The first-order valence-corrected chi connectivity index (χ1v) is 7.46. The molecule has 0 aliphatic heterocycles. The third-order valence-corrected chi connectivity index (χ3v) is 4.24. The van der Waals surface area contributed by atoms with Gasteiger partial charge in [-0.2, -0.15) is 13.2 Å². The second-order valence-corrected chi connectivity index (χ2v) is 5.95. The molecule has 0 unspecified atom stereocenters. The first kappa shape index (κ1) is 15.9. The monoisotopic (exact) mass is 339 g/mol. The van der Waals surface area contributed by atoms with Gasteiger partial charge in [-0.1, -0.05) is 41.9 Å². The average Bonchev–Trinajstić information content (AvgIpc) is 3.30. The van der Waals surface area contributed by atoms with E-state index < -0.39 is 11.7 Å². The zero-order valence-corrected chi connectivity index (χ0v) is 12.7. The number of alkyl halides is 3. The summed E-state index contributed by atoms with van der Waals surface area (Å²) < 4.78 is 38.2. The van der Waals surface area contributed by atoms with Crippen LogP contribution >= 0.6 is 11.6 Å². The van der Waals surface area contributed by atoms with Crippen LogP contribution in [0.4, 0.5) is 18.9 Å². The Morgan fingerprint density at radius 3 is 2.48 bits per heavy atom. The average molecular weight is 340 g/mol. The lowest BCUT2D eigenvalue weighted by Gasteiger charge is -2.11. The smallest absolute Gasteiger partial charge is 0.324 e. The molecule has 0 aromatic heterocycles. The second kappa shape index (κ2) is 5.89. The third-order valence-electron chi connectivity index (χ3n) is 3.91. The number of anilines is 1. The predicted octanol–water partition coefficient (Wildman–Crippen LogP) is 5.10. The highest BCUT2D eigenvalue weighted by atomic mass is 35.5. The van der Waals surface area contributed by atoms with Gasteiger partial charge in [0.2, 0.25) is 5.91 Å². The fraction of sp³-hybridized carbons (Fsp3) is 0.235. The summed E-state index contributed by atoms with van der Waals surface area (Å²) >= 11 is 5.89. The number of carbonyl (C=O) groups is 1. The van der Waals surface area contributed by atoms with E-state index in [1.54, 1.807) is 0 Å². The van der Waals surface area contributed by atoms with E-state index in [1.165, 1.54) is 0 Å². The van der Waals surface area contributed by atoms with Crippen molar-refractivity contribution in [1.82, 2.24) is 0 Å². The second-order valence-electron chi connectivity index (χ2n) is 5.54. The molecule has 2 atom stereocenters. The molecule has 120 valence electrons. The molecular weight excluding hydrogens is 327 g/mol. The molecule has 0 spiro atoms. The van der Waals surface area contributed by atoms with Crippen molar-refractivity contribution in [2.75, 3.05) is 5.32 Å². The van der Waals surface area contributed by atoms with E-state index in [0.29, 0.717) is 6.42 Å². The van der Waals surface area contributed by atoms with Gasteiger partial charge in [0, 0.05) is 5.92 Å². The van der Waals surface area contributed by atoms with Gasteiger partial charge in [-0.15, -0.1) is 0 Å². The molecule has 1 amide bonds. The highest BCUT2D eigenvalue weighted by molar-refractivity contribution is 6.33. The quantitative estimate of drug-likeness (QED) is 0.828. The number of hydrogen-bond acceptors (Lipinski definition) is 1. The van der Waals surface area contributed by atoms with Crippen LogP contribution in [0.1, 0.15) is 23.5 Å². The molecule has 1 N–H and O–H groups in total. The Kier molecular flexibility index (Phi) is 4.06. The Balaban J connectivity index is 1.72. The summed E-state index contributed by atoms with van der Waals surface area (Å²) in [6, 6.07) is 12.5. The van der Waals surface area contributed by atoms with Crippen LogP contribution in [-0.4, -0.2) is 5.91 Å². The Labute approximate surface area is 136 Å². The van der Waals surface area contributed by atoms with E-state index in [2.05, 4.69) is 5.32 Å². The molecule has 23 heavy (non-hydrogen) atoms. The van der Waals surface area contributed by atoms with E-state index in [0.717, 1.165) is 23.8 Å². The van der Waals surface area contributed by atoms with E-state index in [-0.39, 0.29) is 28.5 Å². The molecule has 0 saturated heterocycles. The van der Waals surface area contributed by atoms with Crippen molar-refractivity contribution >= 4 is 23.2 Å². The largest absolute Gasteiger partial charge is 0.416 e. The Morgan fingerprint density at radius 1 is 1.13 bits per heavy atom. The number of rotatable bonds is 3. The van der Waals surface area contributed by atoms with Gasteiger partial charge in [0.25, 0.3) is 0 Å². The van der Waals surface area contributed by atoms with Gasteiger partial charge < -0.3 is 5.32 Å². The van der Waals surface area contributed by atoms with Gasteiger partial charge in [0.1, 0.15) is 0 Å². The van der Waals surface area contributed by atoms with Gasteiger partial charge >= 0.3 is 6.18 Å². The van der Waals surface area contributed by atoms with E-state index in [1.807, 2.05) is 30.3 Å². The van der Waals surface area contributed by atoms with Gasteiger partial charge in [-0.05, 0) is 36.1 Å². The molecule has 3 rings (SSSR count). The van der Waals surface area contributed by atoms with Crippen LogP contribution in [-0.2, 0) is 11.0 Å². The summed E-state index contributed by atoms with van der Waals surface area (Å²) in [6.45, 7) is 0. The molecule has 0 bridgehead atoms. The van der Waals surface area contributed by atoms with Gasteiger partial charge in [-0.3, -0.25) is 4.79 Å². The van der Waals surface area contributed by atoms with Crippen molar-refractivity contribution in [1.29, 1.82) is 0 Å². The fourth-order valence-corrected chi connectivity index (χ4v) is 2.74. The molecule has 6 heteroatoms. The molecule has 0 heterocycles. The van der Waals surface area contributed by atoms with Gasteiger partial charge in [0.15, 0.2) is 0 Å². The van der Waals surface area contributed by atoms with Crippen molar-refractivity contribution in [2.45, 2.75) is 18.5 Å². The lowest BCUT2D eigenvalue weighted by atomic mass is 10.1. The first-order valence-electron chi connectivity index (χ1n) is 7.09. The molecule has 1 aliphatic rings. The maximum atomic E-state index is 12.7. The van der Waals surface area contributed by atoms with E-state index in [4.69, 9.17) is 11.6 Å². The normalized spacial score (nSPS) is 20.2. The number of nitrogens with one attached hydrogen (secondary N) is 1. The molecule has 1 saturated carbocycles. The number of benzene rings is 2. The summed E-state index contributed by atoms with van der Waals surface area (Å²) in [7, 11) is 0. The van der Waals surface area contributed by atoms with Crippen molar-refractivity contribution in [3.63, 3.8) is 0 Å². The lowest BCUT2D eigenvalue weighted by Crippen LogP contribution is -2.16. The highest BCUT2D eigenvalue weighted by Gasteiger charge is 2.44. The van der Waals surface area contributed by atoms with Gasteiger partial charge in [0.05, 0.1) is 16.3 Å². The van der Waals surface area contributed by atoms with Crippen molar-refractivity contribution in [2.24, 2.45) is 5.92 Å². The van der Waals surface area contributed by atoms with Crippen molar-refractivity contribution < 1.29 is 18.0 Å². The van der Waals surface area contributed by atoms with Crippen LogP contribution in [0.5, 0.6) is 0 Å². The Morgan fingerprint density at radius 2 is 1.83 bits per heavy atom. The summed E-state index contributed by atoms with van der Waals surface area (Å²) in [4.78, 5) is 12.2. The first-order chi connectivity index (χ1) is 10.9. The number of halogens is 4. The maximum Gasteiger partial charge on any atom is 0.416 e. The Hall–Kier alpha value is -2.01. The molecule has 0 radical (unpaired) electrons. The van der Waals surface area contributed by atoms with Crippen LogP contribution in [0.3, 0.4) is 0 Å². The lowest BCUT2D eigenvalue weighted by molar-refractivity contribution is -0.137. The topological polar surface area (TPSA) is 29.1 Å². The molecule has 2 aromatic carbocycles. The van der Waals surface area contributed by atoms with Crippen LogP contribution in [0.2, 0.25) is 5.02 Å². The summed E-state index contributed by atoms with van der Waals surface area (Å²) in [5.41, 5.74) is 0.209. The van der Waals surface area contributed by atoms with Crippen LogP contribution < -0.4 is 5.32 Å². The van der Waals surface area contributed by atoms with Crippen molar-refractivity contribution in [3.8, 4) is 0 Å². The summed E-state index contributed by atoms with van der Waals surface area (Å²) in [5.74, 6) is -0.427. The van der Waals surface area contributed by atoms with Crippen molar-refractivity contribution in [3.05, 3.63) is 64.7 Å². The van der Waals surface area contributed by atoms with E-state index >= 15 is 0 Å². The minimum atomic E-state index is -4.48. The van der Waals surface area contributed by atoms with E-state index in [9.17, 15) is 18.0 Å². The molecule has 2 aromatic rings. The molecular formula is C17H13ClF3NO. The molecule has 1 aliphatic carbocycles. The highest BCUT2D eigenvalue weighted by Crippen LogP contribution is 2.48. The minimum absolute atomic E-state index is 0.00907. The third kappa shape index (κ3) is 3.50. The Bertz CT molecular complexity index is 730. The summed E-state index contributed by atoms with van der Waals surface area (Å²) in [5, 5.41) is 2.60. The molecule has 1 fully saturated rings. The standard InChI is InChI=1S/C17H13ClF3NO/c18-14-7-6-11(17(19,20)21)8-15(14)22-16(23)13-9-12(13)10-4-2-1-3-5-10/h1-8,12-13H,9H2,(H,22,23)/t12-,13-/m0/s1. The number of carbonyl (C=O) groups excluding carboxylic acids is 1. The van der Waals surface area contributed by atoms with Crippen LogP contribution in [0.15, 0.2) is 48.5 Å². The number of hydrogen-bond donors (Lipinski definition) is 1. The van der Waals surface area contributed by atoms with Crippen LogP contribution in [0.25, 0.3) is 0 Å². The predicted molar refractivity (Wildman–Crippen MR) is 82.4 cm³/mol. The van der Waals surface area contributed by atoms with Crippen LogP contribution in [0, 0.1) is 5.92 Å². The molecule has 2 nitrogen and oxygen atoms in total. The zero-order valence-electron chi connectivity index (χ0n) is 11.9. The minimum Gasteiger partial charge on any atom is -0.324 e. The zero-order chi connectivity index (χ0) is 16.6. The SMILES string of the molecule is O=C(Nc1cc(C(F)(F)F)ccc1Cl)[C@H]1C[C@H]1c1ccccc1. The fourth-order valence-electron chi connectivity index (χ4n) is 2.58. The summed E-state index contributed by atoms with van der Waals surface area (Å²) in [6.07, 6.45) is -3.79. The number of amides is 1. The maximum absolute atomic E-state index is 12.7. The van der Waals surface area contributed by atoms with Gasteiger partial charge in [-0.25, -0.2) is 0 Å².